The summed E-state index contributed by atoms with van der Waals surface area (Å²) in [5, 5.41) is 19.8. The van der Waals surface area contributed by atoms with Gasteiger partial charge in [-0.1, -0.05) is 6.07 Å². The second-order valence-electron chi connectivity index (χ2n) is 4.28. The van der Waals surface area contributed by atoms with E-state index in [0.29, 0.717) is 13.1 Å². The molecular formula is C11H12N4O4S. The first-order valence-corrected chi connectivity index (χ1v) is 7.35. The maximum Gasteiger partial charge on any atom is 0.301 e. The number of nitrogens with one attached hydrogen (secondary N) is 1. The summed E-state index contributed by atoms with van der Waals surface area (Å²) in [7, 11) is -3.78. The molecule has 1 aromatic carbocycles. The van der Waals surface area contributed by atoms with Crippen molar-refractivity contribution in [1.29, 1.82) is 5.26 Å². The Morgan fingerprint density at radius 3 is 2.55 bits per heavy atom. The Balaban J connectivity index is 2.37. The second kappa shape index (κ2) is 5.44. The first-order chi connectivity index (χ1) is 9.45. The predicted molar refractivity (Wildman–Crippen MR) is 71.2 cm³/mol. The van der Waals surface area contributed by atoms with Gasteiger partial charge >= 0.3 is 10.2 Å². The maximum atomic E-state index is 12.1. The van der Waals surface area contributed by atoms with Crippen LogP contribution >= 0.6 is 0 Å². The van der Waals surface area contributed by atoms with Crippen LogP contribution in [0.4, 0.5) is 11.4 Å². The Hall–Kier alpha value is -2.18. The lowest BCUT2D eigenvalue weighted by molar-refractivity contribution is -0.385. The number of hydrogen-bond acceptors (Lipinski definition) is 5. The molecule has 0 radical (unpaired) electrons. The van der Waals surface area contributed by atoms with Crippen molar-refractivity contribution in [2.45, 2.75) is 12.8 Å². The van der Waals surface area contributed by atoms with Crippen LogP contribution in [-0.2, 0) is 10.2 Å². The zero-order chi connectivity index (χ0) is 14.8. The van der Waals surface area contributed by atoms with Gasteiger partial charge in [-0.25, -0.2) is 0 Å². The SMILES string of the molecule is N#Cc1c(NS(=O)(=O)N2CCCC2)cccc1[N+](=O)[O-]. The zero-order valence-electron chi connectivity index (χ0n) is 10.4. The van der Waals surface area contributed by atoms with Crippen molar-refractivity contribution in [3.05, 3.63) is 33.9 Å². The molecule has 8 nitrogen and oxygen atoms in total. The molecule has 1 fully saturated rings. The van der Waals surface area contributed by atoms with Crippen molar-refractivity contribution in [3.8, 4) is 6.07 Å². The minimum atomic E-state index is -3.78. The normalized spacial score (nSPS) is 15.8. The number of rotatable bonds is 4. The van der Waals surface area contributed by atoms with E-state index < -0.39 is 20.8 Å². The van der Waals surface area contributed by atoms with E-state index in [-0.39, 0.29) is 11.3 Å². The van der Waals surface area contributed by atoms with E-state index in [4.69, 9.17) is 5.26 Å². The van der Waals surface area contributed by atoms with Crippen molar-refractivity contribution in [2.24, 2.45) is 0 Å². The molecule has 1 N–H and O–H groups in total. The summed E-state index contributed by atoms with van der Waals surface area (Å²) in [6.07, 6.45) is 1.56. The summed E-state index contributed by atoms with van der Waals surface area (Å²) in [6, 6.07) is 5.50. The van der Waals surface area contributed by atoms with Crippen molar-refractivity contribution in [1.82, 2.24) is 4.31 Å². The molecule has 2 rings (SSSR count). The number of nitro groups is 1. The summed E-state index contributed by atoms with van der Waals surface area (Å²) in [4.78, 5) is 10.1. The Labute approximate surface area is 116 Å². The molecule has 1 aliphatic heterocycles. The van der Waals surface area contributed by atoms with Gasteiger partial charge in [0.25, 0.3) is 5.69 Å². The summed E-state index contributed by atoms with van der Waals surface area (Å²) >= 11 is 0. The lowest BCUT2D eigenvalue weighted by Crippen LogP contribution is -2.33. The lowest BCUT2D eigenvalue weighted by Gasteiger charge is -2.17. The van der Waals surface area contributed by atoms with E-state index in [1.165, 1.54) is 16.4 Å². The van der Waals surface area contributed by atoms with E-state index in [1.54, 1.807) is 6.07 Å². The fourth-order valence-electron chi connectivity index (χ4n) is 2.03. The molecule has 0 atom stereocenters. The van der Waals surface area contributed by atoms with Crippen molar-refractivity contribution in [3.63, 3.8) is 0 Å². The van der Waals surface area contributed by atoms with Gasteiger partial charge in [0, 0.05) is 19.2 Å². The van der Waals surface area contributed by atoms with Crippen LogP contribution < -0.4 is 4.72 Å². The molecule has 0 bridgehead atoms. The third-order valence-electron chi connectivity index (χ3n) is 2.99. The molecule has 106 valence electrons. The molecule has 0 unspecified atom stereocenters. The van der Waals surface area contributed by atoms with Gasteiger partial charge in [0.05, 0.1) is 10.6 Å². The van der Waals surface area contributed by atoms with Crippen molar-refractivity contribution >= 4 is 21.6 Å². The molecule has 1 aromatic rings. The van der Waals surface area contributed by atoms with Gasteiger partial charge in [-0.2, -0.15) is 18.0 Å². The van der Waals surface area contributed by atoms with Gasteiger partial charge in [0.15, 0.2) is 5.56 Å². The molecule has 1 heterocycles. The minimum absolute atomic E-state index is 0.0754. The fourth-order valence-corrected chi connectivity index (χ4v) is 3.34. The van der Waals surface area contributed by atoms with E-state index in [9.17, 15) is 18.5 Å². The molecule has 0 amide bonds. The first-order valence-electron chi connectivity index (χ1n) is 5.91. The molecule has 20 heavy (non-hydrogen) atoms. The van der Waals surface area contributed by atoms with E-state index in [0.717, 1.165) is 18.9 Å². The summed E-state index contributed by atoms with van der Waals surface area (Å²) < 4.78 is 27.7. The van der Waals surface area contributed by atoms with Crippen LogP contribution in [0.5, 0.6) is 0 Å². The average molecular weight is 296 g/mol. The fraction of sp³-hybridized carbons (Fsp3) is 0.364. The highest BCUT2D eigenvalue weighted by Crippen LogP contribution is 2.27. The van der Waals surface area contributed by atoms with Gasteiger partial charge < -0.3 is 0 Å². The highest BCUT2D eigenvalue weighted by Gasteiger charge is 2.27. The van der Waals surface area contributed by atoms with Crippen LogP contribution in [0.25, 0.3) is 0 Å². The average Bonchev–Trinajstić information content (AvgIpc) is 2.92. The van der Waals surface area contributed by atoms with Gasteiger partial charge in [0.1, 0.15) is 6.07 Å². The standard InChI is InChI=1S/C11H12N4O4S/c12-8-9-10(4-3-5-11(9)15(16)17)13-20(18,19)14-6-1-2-7-14/h3-5,13H,1-2,6-7H2. The van der Waals surface area contributed by atoms with Gasteiger partial charge in [-0.3, -0.25) is 14.8 Å². The minimum Gasteiger partial charge on any atom is -0.269 e. The molecule has 0 aliphatic carbocycles. The topological polar surface area (TPSA) is 116 Å². The molecule has 0 spiro atoms. The van der Waals surface area contributed by atoms with E-state index in [1.807, 2.05) is 0 Å². The Morgan fingerprint density at radius 2 is 2.00 bits per heavy atom. The van der Waals surface area contributed by atoms with Gasteiger partial charge in [0.2, 0.25) is 0 Å². The second-order valence-corrected chi connectivity index (χ2v) is 5.95. The van der Waals surface area contributed by atoms with Gasteiger partial charge in [-0.15, -0.1) is 0 Å². The first kappa shape index (κ1) is 14.2. The van der Waals surface area contributed by atoms with Crippen LogP contribution in [0.1, 0.15) is 18.4 Å². The maximum absolute atomic E-state index is 12.1. The molecular weight excluding hydrogens is 284 g/mol. The summed E-state index contributed by atoms with van der Waals surface area (Å²) in [5.41, 5.74) is -0.789. The molecule has 9 heteroatoms. The third kappa shape index (κ3) is 2.71. The molecule has 1 saturated heterocycles. The quantitative estimate of drug-likeness (QED) is 0.662. The molecule has 0 aromatic heterocycles. The van der Waals surface area contributed by atoms with E-state index in [2.05, 4.69) is 4.72 Å². The summed E-state index contributed by atoms with van der Waals surface area (Å²) in [6.45, 7) is 0.818. The van der Waals surface area contributed by atoms with Crippen LogP contribution in [0.2, 0.25) is 0 Å². The van der Waals surface area contributed by atoms with Crippen molar-refractivity contribution < 1.29 is 13.3 Å². The van der Waals surface area contributed by atoms with E-state index >= 15 is 0 Å². The van der Waals surface area contributed by atoms with Crippen molar-refractivity contribution in [2.75, 3.05) is 17.8 Å². The molecule has 0 saturated carbocycles. The number of benzene rings is 1. The van der Waals surface area contributed by atoms with Crippen LogP contribution in [0, 0.1) is 21.4 Å². The predicted octanol–water partition coefficient (Wildman–Crippen LogP) is 1.22. The number of hydrogen-bond donors (Lipinski definition) is 1. The van der Waals surface area contributed by atoms with Crippen LogP contribution in [0.3, 0.4) is 0 Å². The summed E-state index contributed by atoms with van der Waals surface area (Å²) in [5.74, 6) is 0. The smallest absolute Gasteiger partial charge is 0.269 e. The number of nitriles is 1. The Morgan fingerprint density at radius 1 is 1.35 bits per heavy atom. The lowest BCUT2D eigenvalue weighted by atomic mass is 10.1. The zero-order valence-corrected chi connectivity index (χ0v) is 11.3. The van der Waals surface area contributed by atoms with Crippen LogP contribution in [-0.4, -0.2) is 30.7 Å². The third-order valence-corrected chi connectivity index (χ3v) is 4.52. The largest absolute Gasteiger partial charge is 0.301 e. The molecule has 1 aliphatic rings. The number of nitrogens with zero attached hydrogens (tertiary/aromatic N) is 3. The monoisotopic (exact) mass is 296 g/mol. The highest BCUT2D eigenvalue weighted by atomic mass is 32.2. The number of nitro benzene ring substituents is 1. The Kier molecular flexibility index (Phi) is 3.87. The number of anilines is 1. The highest BCUT2D eigenvalue weighted by molar-refractivity contribution is 7.90. The van der Waals surface area contributed by atoms with Crippen LogP contribution in [0.15, 0.2) is 18.2 Å². The van der Waals surface area contributed by atoms with Gasteiger partial charge in [-0.05, 0) is 18.9 Å². The Bertz CT molecular complexity index is 674.